The van der Waals surface area contributed by atoms with Crippen molar-refractivity contribution in [3.63, 3.8) is 0 Å². The quantitative estimate of drug-likeness (QED) is 0.887. The van der Waals surface area contributed by atoms with Gasteiger partial charge in [0.25, 0.3) is 0 Å². The molecular weight excluding hydrogens is 246 g/mol. The Hall–Kier alpha value is -0.570. The highest BCUT2D eigenvalue weighted by atomic mass is 35.5. The van der Waals surface area contributed by atoms with E-state index in [9.17, 15) is 0 Å². The van der Waals surface area contributed by atoms with Crippen LogP contribution < -0.4 is 5.73 Å². The number of hydrogen-bond donors (Lipinski definition) is 1. The molecule has 0 aromatic heterocycles. The monoisotopic (exact) mass is 267 g/mol. The van der Waals surface area contributed by atoms with Crippen LogP contribution in [0.25, 0.3) is 0 Å². The minimum atomic E-state index is -0.0157. The number of rotatable bonds is 2. The molecular formula is C15H22ClNO. The second kappa shape index (κ2) is 5.20. The number of ether oxygens (including phenoxy) is 1. The summed E-state index contributed by atoms with van der Waals surface area (Å²) in [5.41, 5.74) is 8.62. The lowest BCUT2D eigenvalue weighted by molar-refractivity contribution is 0.0489. The molecule has 2 N–H and O–H groups in total. The van der Waals surface area contributed by atoms with Crippen molar-refractivity contribution in [2.45, 2.75) is 45.9 Å². The minimum absolute atomic E-state index is 0.0157. The van der Waals surface area contributed by atoms with Crippen molar-refractivity contribution in [2.75, 3.05) is 0 Å². The Labute approximate surface area is 114 Å². The number of nitrogens with two attached hydrogens (primary N) is 1. The smallest absolute Gasteiger partial charge is 0.0600 e. The molecule has 0 amide bonds. The summed E-state index contributed by atoms with van der Waals surface area (Å²) in [5, 5.41) is 0.787. The standard InChI is InChI=1S/C15H22ClNO/c1-8-5-6-12(7-13(8)16)15(17)14-9(2)10(3)18-11(14)4/h5-7,9-11,14-15H,17H2,1-4H3. The summed E-state index contributed by atoms with van der Waals surface area (Å²) >= 11 is 6.18. The average molecular weight is 268 g/mol. The second-order valence-electron chi connectivity index (χ2n) is 5.52. The van der Waals surface area contributed by atoms with Gasteiger partial charge in [-0.15, -0.1) is 0 Å². The SMILES string of the molecule is Cc1ccc(C(N)C2C(C)OC(C)C2C)cc1Cl. The molecule has 1 fully saturated rings. The van der Waals surface area contributed by atoms with Crippen LogP contribution in [0.4, 0.5) is 0 Å². The predicted molar refractivity (Wildman–Crippen MR) is 75.8 cm³/mol. The molecule has 0 bridgehead atoms. The largest absolute Gasteiger partial charge is 0.375 e. The van der Waals surface area contributed by atoms with Gasteiger partial charge < -0.3 is 10.5 Å². The van der Waals surface area contributed by atoms with Crippen LogP contribution in [0.3, 0.4) is 0 Å². The Kier molecular flexibility index (Phi) is 4.00. The van der Waals surface area contributed by atoms with Gasteiger partial charge in [0.1, 0.15) is 0 Å². The molecule has 1 aromatic rings. The van der Waals surface area contributed by atoms with Gasteiger partial charge in [0, 0.05) is 17.0 Å². The first kappa shape index (κ1) is 13.9. The van der Waals surface area contributed by atoms with Gasteiger partial charge >= 0.3 is 0 Å². The lowest BCUT2D eigenvalue weighted by Crippen LogP contribution is -2.30. The van der Waals surface area contributed by atoms with Crippen LogP contribution in [0.15, 0.2) is 18.2 Å². The Morgan fingerprint density at radius 3 is 2.39 bits per heavy atom. The van der Waals surface area contributed by atoms with E-state index in [1.54, 1.807) is 0 Å². The third-order valence-electron chi connectivity index (χ3n) is 4.31. The van der Waals surface area contributed by atoms with Crippen LogP contribution in [-0.2, 0) is 4.74 Å². The fraction of sp³-hybridized carbons (Fsp3) is 0.600. The Bertz CT molecular complexity index is 435. The molecule has 1 saturated heterocycles. The van der Waals surface area contributed by atoms with E-state index >= 15 is 0 Å². The van der Waals surface area contributed by atoms with E-state index in [1.807, 2.05) is 19.1 Å². The first-order valence-corrected chi connectivity index (χ1v) is 6.96. The normalized spacial score (nSPS) is 33.7. The van der Waals surface area contributed by atoms with Crippen LogP contribution in [0.1, 0.15) is 37.9 Å². The van der Waals surface area contributed by atoms with Crippen molar-refractivity contribution in [3.05, 3.63) is 34.3 Å². The van der Waals surface area contributed by atoms with E-state index < -0.39 is 0 Å². The van der Waals surface area contributed by atoms with Gasteiger partial charge in [0.05, 0.1) is 12.2 Å². The van der Waals surface area contributed by atoms with Gasteiger partial charge in [0.2, 0.25) is 0 Å². The van der Waals surface area contributed by atoms with Crippen molar-refractivity contribution < 1.29 is 4.74 Å². The van der Waals surface area contributed by atoms with Crippen LogP contribution in [0.2, 0.25) is 5.02 Å². The van der Waals surface area contributed by atoms with Gasteiger partial charge in [-0.2, -0.15) is 0 Å². The molecule has 1 aliphatic rings. The molecule has 1 aromatic carbocycles. The van der Waals surface area contributed by atoms with Crippen molar-refractivity contribution in [2.24, 2.45) is 17.6 Å². The van der Waals surface area contributed by atoms with E-state index in [-0.39, 0.29) is 18.2 Å². The van der Waals surface area contributed by atoms with Crippen molar-refractivity contribution in [1.29, 1.82) is 0 Å². The van der Waals surface area contributed by atoms with Gasteiger partial charge in [-0.25, -0.2) is 0 Å². The summed E-state index contributed by atoms with van der Waals surface area (Å²) in [7, 11) is 0. The van der Waals surface area contributed by atoms with E-state index in [0.29, 0.717) is 11.8 Å². The maximum Gasteiger partial charge on any atom is 0.0600 e. The first-order chi connectivity index (χ1) is 8.41. The fourth-order valence-electron chi connectivity index (χ4n) is 2.95. The Morgan fingerprint density at radius 1 is 1.22 bits per heavy atom. The molecule has 0 saturated carbocycles. The summed E-state index contributed by atoms with van der Waals surface area (Å²) in [6, 6.07) is 6.09. The molecule has 0 aliphatic carbocycles. The van der Waals surface area contributed by atoms with Crippen molar-refractivity contribution >= 4 is 11.6 Å². The zero-order valence-corrected chi connectivity index (χ0v) is 12.2. The molecule has 0 radical (unpaired) electrons. The zero-order chi connectivity index (χ0) is 13.4. The molecule has 3 heteroatoms. The summed E-state index contributed by atoms with van der Waals surface area (Å²) in [6.45, 7) is 8.45. The molecule has 0 spiro atoms. The molecule has 100 valence electrons. The molecule has 2 nitrogen and oxygen atoms in total. The van der Waals surface area contributed by atoms with E-state index in [1.165, 1.54) is 0 Å². The highest BCUT2D eigenvalue weighted by molar-refractivity contribution is 6.31. The highest BCUT2D eigenvalue weighted by Crippen LogP contribution is 2.39. The van der Waals surface area contributed by atoms with Gasteiger partial charge in [-0.3, -0.25) is 0 Å². The fourth-order valence-corrected chi connectivity index (χ4v) is 3.14. The lowest BCUT2D eigenvalue weighted by atomic mass is 9.81. The van der Waals surface area contributed by atoms with E-state index in [4.69, 9.17) is 22.1 Å². The summed E-state index contributed by atoms with van der Waals surface area (Å²) < 4.78 is 5.87. The number of benzene rings is 1. The zero-order valence-electron chi connectivity index (χ0n) is 11.5. The minimum Gasteiger partial charge on any atom is -0.375 e. The molecule has 1 aliphatic heterocycles. The van der Waals surface area contributed by atoms with Crippen LogP contribution in [0, 0.1) is 18.8 Å². The molecule has 5 unspecified atom stereocenters. The van der Waals surface area contributed by atoms with E-state index in [2.05, 4.69) is 26.8 Å². The Balaban J connectivity index is 2.25. The van der Waals surface area contributed by atoms with Gasteiger partial charge in [-0.05, 0) is 43.9 Å². The lowest BCUT2D eigenvalue weighted by Gasteiger charge is -2.26. The maximum absolute atomic E-state index is 6.42. The van der Waals surface area contributed by atoms with Crippen LogP contribution in [-0.4, -0.2) is 12.2 Å². The third-order valence-corrected chi connectivity index (χ3v) is 4.72. The Morgan fingerprint density at radius 2 is 1.89 bits per heavy atom. The number of hydrogen-bond acceptors (Lipinski definition) is 2. The summed E-state index contributed by atoms with van der Waals surface area (Å²) in [6.07, 6.45) is 0.474. The van der Waals surface area contributed by atoms with Crippen LogP contribution in [0.5, 0.6) is 0 Å². The summed E-state index contributed by atoms with van der Waals surface area (Å²) in [5.74, 6) is 0.814. The second-order valence-corrected chi connectivity index (χ2v) is 5.92. The molecule has 2 rings (SSSR count). The van der Waals surface area contributed by atoms with Gasteiger partial charge in [-0.1, -0.05) is 30.7 Å². The maximum atomic E-state index is 6.42. The molecule has 5 atom stereocenters. The van der Waals surface area contributed by atoms with Crippen molar-refractivity contribution in [3.8, 4) is 0 Å². The third kappa shape index (κ3) is 2.42. The van der Waals surface area contributed by atoms with E-state index in [0.717, 1.165) is 16.1 Å². The topological polar surface area (TPSA) is 35.2 Å². The number of aryl methyl sites for hydroxylation is 1. The summed E-state index contributed by atoms with van der Waals surface area (Å²) in [4.78, 5) is 0. The number of halogens is 1. The average Bonchev–Trinajstić information content (AvgIpc) is 2.56. The van der Waals surface area contributed by atoms with Gasteiger partial charge in [0.15, 0.2) is 0 Å². The van der Waals surface area contributed by atoms with Crippen molar-refractivity contribution in [1.82, 2.24) is 0 Å². The highest BCUT2D eigenvalue weighted by Gasteiger charge is 2.40. The predicted octanol–water partition coefficient (Wildman–Crippen LogP) is 3.71. The molecule has 18 heavy (non-hydrogen) atoms. The molecule has 1 heterocycles. The van der Waals surface area contributed by atoms with Crippen LogP contribution >= 0.6 is 11.6 Å². The first-order valence-electron chi connectivity index (χ1n) is 6.59.